The van der Waals surface area contributed by atoms with Crippen molar-refractivity contribution in [2.75, 3.05) is 13.1 Å². The van der Waals surface area contributed by atoms with E-state index in [2.05, 4.69) is 41.0 Å². The molecule has 1 aliphatic heterocycles. The average Bonchev–Trinajstić information content (AvgIpc) is 2.85. The molecule has 0 aliphatic carbocycles. The first kappa shape index (κ1) is 14.1. The summed E-state index contributed by atoms with van der Waals surface area (Å²) in [5.41, 5.74) is 0.194. The van der Waals surface area contributed by atoms with Gasteiger partial charge in [0.1, 0.15) is 5.82 Å². The van der Waals surface area contributed by atoms with Crippen LogP contribution in [0.3, 0.4) is 0 Å². The highest BCUT2D eigenvalue weighted by atomic mass is 15.1. The molecule has 0 saturated heterocycles. The van der Waals surface area contributed by atoms with Gasteiger partial charge >= 0.3 is 0 Å². The van der Waals surface area contributed by atoms with Crippen LogP contribution >= 0.6 is 0 Å². The summed E-state index contributed by atoms with van der Waals surface area (Å²) < 4.78 is 2.27. The minimum atomic E-state index is 0.194. The summed E-state index contributed by atoms with van der Waals surface area (Å²) in [5, 5.41) is 12.2. The van der Waals surface area contributed by atoms with E-state index in [0.717, 1.165) is 26.1 Å². The molecule has 104 valence electrons. The van der Waals surface area contributed by atoms with Gasteiger partial charge in [0.15, 0.2) is 0 Å². The predicted octanol–water partition coefficient (Wildman–Crippen LogP) is 2.68. The Bertz CT molecular complexity index is 441. The Labute approximate surface area is 115 Å². The number of fused-ring (bicyclic) bond motifs is 1. The molecule has 4 nitrogen and oxygen atoms in total. The van der Waals surface area contributed by atoms with E-state index in [0.29, 0.717) is 12.3 Å². The van der Waals surface area contributed by atoms with E-state index >= 15 is 0 Å². The maximum atomic E-state index is 8.66. The highest BCUT2D eigenvalue weighted by Crippen LogP contribution is 2.26. The van der Waals surface area contributed by atoms with Crippen LogP contribution in [0, 0.1) is 16.7 Å². The smallest absolute Gasteiger partial charge is 0.113 e. The molecule has 1 aliphatic rings. The minimum Gasteiger partial charge on any atom is -0.335 e. The molecule has 0 fully saturated rings. The number of aryl methyl sites for hydroxylation is 1. The van der Waals surface area contributed by atoms with Crippen LogP contribution in [-0.4, -0.2) is 22.6 Å². The van der Waals surface area contributed by atoms with Crippen molar-refractivity contribution in [3.05, 3.63) is 18.2 Å². The third-order valence-electron chi connectivity index (χ3n) is 3.97. The lowest BCUT2D eigenvalue weighted by molar-refractivity contribution is 0.307. The van der Waals surface area contributed by atoms with E-state index in [1.54, 1.807) is 0 Å². The molecular weight excluding hydrogens is 236 g/mol. The van der Waals surface area contributed by atoms with Gasteiger partial charge < -0.3 is 9.88 Å². The number of aromatic nitrogens is 2. The van der Waals surface area contributed by atoms with Gasteiger partial charge in [-0.05, 0) is 24.7 Å². The highest BCUT2D eigenvalue weighted by molar-refractivity contribution is 5.04. The fraction of sp³-hybridized carbons (Fsp3) is 0.733. The Morgan fingerprint density at radius 3 is 3.21 bits per heavy atom. The van der Waals surface area contributed by atoms with Crippen molar-refractivity contribution >= 4 is 0 Å². The molecule has 1 aromatic rings. The lowest BCUT2D eigenvalue weighted by Gasteiger charge is -2.27. The molecule has 0 unspecified atom stereocenters. The van der Waals surface area contributed by atoms with Crippen LogP contribution < -0.4 is 5.32 Å². The zero-order valence-corrected chi connectivity index (χ0v) is 12.0. The van der Waals surface area contributed by atoms with Crippen molar-refractivity contribution in [1.29, 1.82) is 5.26 Å². The van der Waals surface area contributed by atoms with Crippen molar-refractivity contribution in [2.45, 2.75) is 52.0 Å². The largest absolute Gasteiger partial charge is 0.335 e. The van der Waals surface area contributed by atoms with Crippen molar-refractivity contribution < 1.29 is 0 Å². The molecule has 0 spiro atoms. The lowest BCUT2D eigenvalue weighted by Crippen LogP contribution is -2.34. The Morgan fingerprint density at radius 1 is 1.58 bits per heavy atom. The number of imidazole rings is 1. The quantitative estimate of drug-likeness (QED) is 0.855. The van der Waals surface area contributed by atoms with Crippen LogP contribution in [0.25, 0.3) is 0 Å². The number of nitrogens with zero attached hydrogens (tertiary/aromatic N) is 3. The van der Waals surface area contributed by atoms with Gasteiger partial charge in [-0.2, -0.15) is 5.26 Å². The van der Waals surface area contributed by atoms with Gasteiger partial charge in [-0.3, -0.25) is 0 Å². The third-order valence-corrected chi connectivity index (χ3v) is 3.97. The summed E-state index contributed by atoms with van der Waals surface area (Å²) in [6.45, 7) is 7.51. The second-order valence-corrected chi connectivity index (χ2v) is 6.27. The Hall–Kier alpha value is -1.34. The molecular formula is C15H24N4. The Morgan fingerprint density at radius 2 is 2.42 bits per heavy atom. The number of nitrogens with one attached hydrogen (secondary N) is 1. The zero-order valence-electron chi connectivity index (χ0n) is 12.0. The fourth-order valence-corrected chi connectivity index (χ4v) is 2.77. The molecule has 19 heavy (non-hydrogen) atoms. The molecule has 1 aromatic heterocycles. The van der Waals surface area contributed by atoms with Gasteiger partial charge in [0.25, 0.3) is 0 Å². The topological polar surface area (TPSA) is 53.6 Å². The zero-order chi connectivity index (χ0) is 13.7. The number of hydrogen-bond donors (Lipinski definition) is 1. The summed E-state index contributed by atoms with van der Waals surface area (Å²) in [6, 6.07) is 2.23. The van der Waals surface area contributed by atoms with Crippen molar-refractivity contribution in [1.82, 2.24) is 14.9 Å². The number of nitriles is 1. The summed E-state index contributed by atoms with van der Waals surface area (Å²) in [5.74, 6) is 1.77. The van der Waals surface area contributed by atoms with Crippen LogP contribution in [-0.2, 0) is 6.54 Å². The van der Waals surface area contributed by atoms with Crippen molar-refractivity contribution in [3.63, 3.8) is 0 Å². The van der Waals surface area contributed by atoms with Crippen LogP contribution in [0.4, 0.5) is 0 Å². The van der Waals surface area contributed by atoms with Crippen LogP contribution in [0.15, 0.2) is 12.4 Å². The second-order valence-electron chi connectivity index (χ2n) is 6.27. The van der Waals surface area contributed by atoms with Crippen molar-refractivity contribution in [2.24, 2.45) is 5.41 Å². The molecule has 4 heteroatoms. The Kier molecular flexibility index (Phi) is 4.60. The summed E-state index contributed by atoms with van der Waals surface area (Å²) in [7, 11) is 0. The van der Waals surface area contributed by atoms with Crippen LogP contribution in [0.2, 0.25) is 0 Å². The van der Waals surface area contributed by atoms with Crippen molar-refractivity contribution in [3.8, 4) is 6.07 Å². The van der Waals surface area contributed by atoms with Crippen LogP contribution in [0.5, 0.6) is 0 Å². The average molecular weight is 260 g/mol. The molecule has 1 N–H and O–H groups in total. The highest BCUT2D eigenvalue weighted by Gasteiger charge is 2.22. The van der Waals surface area contributed by atoms with Gasteiger partial charge in [-0.15, -0.1) is 0 Å². The maximum absolute atomic E-state index is 8.66. The van der Waals surface area contributed by atoms with E-state index in [1.165, 1.54) is 18.7 Å². The number of rotatable bonds is 6. The summed E-state index contributed by atoms with van der Waals surface area (Å²) in [6.07, 6.45) is 8.05. The predicted molar refractivity (Wildman–Crippen MR) is 75.7 cm³/mol. The van der Waals surface area contributed by atoms with E-state index in [-0.39, 0.29) is 5.41 Å². The van der Waals surface area contributed by atoms with Gasteiger partial charge in [0, 0.05) is 44.4 Å². The summed E-state index contributed by atoms with van der Waals surface area (Å²) >= 11 is 0. The van der Waals surface area contributed by atoms with E-state index in [4.69, 9.17) is 5.26 Å². The number of hydrogen-bond acceptors (Lipinski definition) is 3. The molecule has 2 heterocycles. The first-order valence-electron chi connectivity index (χ1n) is 7.21. The van der Waals surface area contributed by atoms with Gasteiger partial charge in [-0.1, -0.05) is 13.8 Å². The van der Waals surface area contributed by atoms with Gasteiger partial charge in [-0.25, -0.2) is 4.98 Å². The third kappa shape index (κ3) is 3.81. The fourth-order valence-electron chi connectivity index (χ4n) is 2.77. The molecule has 0 aromatic carbocycles. The van der Waals surface area contributed by atoms with Gasteiger partial charge in [0.05, 0.1) is 6.07 Å². The molecule has 0 radical (unpaired) electrons. The monoisotopic (exact) mass is 260 g/mol. The first-order valence-corrected chi connectivity index (χ1v) is 7.21. The van der Waals surface area contributed by atoms with Crippen LogP contribution in [0.1, 0.15) is 51.3 Å². The second kappa shape index (κ2) is 6.21. The molecule has 0 saturated carbocycles. The lowest BCUT2D eigenvalue weighted by atomic mass is 9.87. The molecule has 0 amide bonds. The van der Waals surface area contributed by atoms with E-state index in [1.807, 2.05) is 6.20 Å². The van der Waals surface area contributed by atoms with E-state index in [9.17, 15) is 0 Å². The standard InChI is InChI=1S/C15H24N4/c1-15(2,6-4-7-16)12-17-11-13-5-3-9-19-10-8-18-14(13)19/h8,10,13,17H,3-6,9,11-12H2,1-2H3/t13-/m0/s1. The molecule has 1 atom stereocenters. The Balaban J connectivity index is 1.80. The normalized spacial score (nSPS) is 18.9. The van der Waals surface area contributed by atoms with Gasteiger partial charge in [0.2, 0.25) is 0 Å². The molecule has 2 rings (SSSR count). The SMILES string of the molecule is CC(C)(CCC#N)CNC[C@@H]1CCCn2ccnc21. The maximum Gasteiger partial charge on any atom is 0.113 e. The first-order chi connectivity index (χ1) is 9.12. The van der Waals surface area contributed by atoms with E-state index < -0.39 is 0 Å². The minimum absolute atomic E-state index is 0.194. The summed E-state index contributed by atoms with van der Waals surface area (Å²) in [4.78, 5) is 4.48. The molecule has 0 bridgehead atoms.